The van der Waals surface area contributed by atoms with Crippen LogP contribution in [0.15, 0.2) is 12.4 Å². The molecule has 2 N–H and O–H groups in total. The third kappa shape index (κ3) is 4.03. The predicted molar refractivity (Wildman–Crippen MR) is 63.1 cm³/mol. The van der Waals surface area contributed by atoms with Crippen molar-refractivity contribution >= 4 is 21.8 Å². The van der Waals surface area contributed by atoms with Gasteiger partial charge in [0.2, 0.25) is 0 Å². The molecule has 0 bridgehead atoms. The van der Waals surface area contributed by atoms with E-state index in [0.717, 1.165) is 11.8 Å². The number of carbonyl (C=O) groups is 1. The highest BCUT2D eigenvalue weighted by molar-refractivity contribution is 9.09. The van der Waals surface area contributed by atoms with Gasteiger partial charge in [-0.05, 0) is 12.3 Å². The molecule has 1 atom stereocenters. The van der Waals surface area contributed by atoms with Crippen LogP contribution in [0.2, 0.25) is 0 Å². The second kappa shape index (κ2) is 5.90. The first kappa shape index (κ1) is 12.2. The van der Waals surface area contributed by atoms with Crippen molar-refractivity contribution in [3.8, 4) is 0 Å². The van der Waals surface area contributed by atoms with Crippen molar-refractivity contribution in [3.63, 3.8) is 0 Å². The molecule has 1 aromatic heterocycles. The van der Waals surface area contributed by atoms with E-state index < -0.39 is 0 Å². The van der Waals surface area contributed by atoms with Crippen molar-refractivity contribution in [2.75, 3.05) is 5.33 Å². The molecule has 1 unspecified atom stereocenters. The highest BCUT2D eigenvalue weighted by Gasteiger charge is 2.14. The van der Waals surface area contributed by atoms with E-state index in [1.54, 1.807) is 6.20 Å². The normalized spacial score (nSPS) is 12.8. The lowest BCUT2D eigenvalue weighted by Gasteiger charge is -2.17. The molecule has 0 spiro atoms. The first-order valence-corrected chi connectivity index (χ1v) is 6.11. The van der Waals surface area contributed by atoms with Crippen molar-refractivity contribution in [1.29, 1.82) is 0 Å². The molecule has 1 rings (SSSR count). The Morgan fingerprint density at radius 2 is 2.40 bits per heavy atom. The number of rotatable bonds is 5. The van der Waals surface area contributed by atoms with Crippen LogP contribution in [0, 0.1) is 5.92 Å². The second-order valence-corrected chi connectivity index (χ2v) is 4.59. The van der Waals surface area contributed by atoms with Crippen LogP contribution in [0.3, 0.4) is 0 Å². The molecule has 0 aliphatic rings. The van der Waals surface area contributed by atoms with Crippen molar-refractivity contribution in [3.05, 3.63) is 18.0 Å². The van der Waals surface area contributed by atoms with Gasteiger partial charge < -0.3 is 5.32 Å². The van der Waals surface area contributed by atoms with Gasteiger partial charge in [0.25, 0.3) is 5.91 Å². The maximum Gasteiger partial charge on any atom is 0.254 e. The number of carbonyl (C=O) groups excluding carboxylic acids is 1. The molecular formula is C10H16BrN3O. The number of hydrogen-bond donors (Lipinski definition) is 2. The molecule has 4 nitrogen and oxygen atoms in total. The van der Waals surface area contributed by atoms with Gasteiger partial charge in [0.1, 0.15) is 0 Å². The molecule has 1 heterocycles. The summed E-state index contributed by atoms with van der Waals surface area (Å²) in [7, 11) is 0. The third-order valence-electron chi connectivity index (χ3n) is 2.04. The van der Waals surface area contributed by atoms with Crippen molar-refractivity contribution in [2.45, 2.75) is 26.3 Å². The van der Waals surface area contributed by atoms with Crippen molar-refractivity contribution < 1.29 is 4.79 Å². The Morgan fingerprint density at radius 3 is 2.87 bits per heavy atom. The summed E-state index contributed by atoms with van der Waals surface area (Å²) in [5.74, 6) is 0.492. The van der Waals surface area contributed by atoms with Gasteiger partial charge >= 0.3 is 0 Å². The minimum absolute atomic E-state index is 0.0751. The molecule has 0 radical (unpaired) electrons. The number of nitrogens with zero attached hydrogens (tertiary/aromatic N) is 1. The highest BCUT2D eigenvalue weighted by Crippen LogP contribution is 2.08. The van der Waals surface area contributed by atoms with Crippen LogP contribution in [0.4, 0.5) is 0 Å². The smallest absolute Gasteiger partial charge is 0.254 e. The van der Waals surface area contributed by atoms with E-state index in [4.69, 9.17) is 0 Å². The molecule has 5 heteroatoms. The standard InChI is InChI=1S/C10H16BrN3O/c1-7(2)3-9(4-11)14-10(15)8-5-12-13-6-8/h5-7,9H,3-4H2,1-2H3,(H,12,13)(H,14,15). The zero-order valence-corrected chi connectivity index (χ0v) is 10.5. The molecule has 0 aliphatic heterocycles. The summed E-state index contributed by atoms with van der Waals surface area (Å²) in [6.07, 6.45) is 4.08. The van der Waals surface area contributed by atoms with E-state index in [1.807, 2.05) is 0 Å². The molecule has 15 heavy (non-hydrogen) atoms. The van der Waals surface area contributed by atoms with Crippen LogP contribution in [0.25, 0.3) is 0 Å². The molecule has 0 aliphatic carbocycles. The van der Waals surface area contributed by atoms with E-state index in [-0.39, 0.29) is 11.9 Å². The first-order chi connectivity index (χ1) is 7.13. The van der Waals surface area contributed by atoms with E-state index in [9.17, 15) is 4.79 Å². The Hall–Kier alpha value is -0.840. The second-order valence-electron chi connectivity index (χ2n) is 3.94. The summed E-state index contributed by atoms with van der Waals surface area (Å²) in [6, 6.07) is 0.174. The van der Waals surface area contributed by atoms with E-state index in [0.29, 0.717) is 11.5 Å². The van der Waals surface area contributed by atoms with Gasteiger partial charge in [-0.15, -0.1) is 0 Å². The molecule has 0 saturated heterocycles. The summed E-state index contributed by atoms with van der Waals surface area (Å²) >= 11 is 3.40. The van der Waals surface area contributed by atoms with Crippen LogP contribution in [0.5, 0.6) is 0 Å². The molecule has 0 saturated carbocycles. The van der Waals surface area contributed by atoms with Gasteiger partial charge in [-0.25, -0.2) is 0 Å². The summed E-state index contributed by atoms with van der Waals surface area (Å²) < 4.78 is 0. The largest absolute Gasteiger partial charge is 0.348 e. The third-order valence-corrected chi connectivity index (χ3v) is 2.82. The van der Waals surface area contributed by atoms with Gasteiger partial charge in [-0.3, -0.25) is 9.89 Å². The van der Waals surface area contributed by atoms with Gasteiger partial charge in [0.15, 0.2) is 0 Å². The zero-order chi connectivity index (χ0) is 11.3. The lowest BCUT2D eigenvalue weighted by molar-refractivity contribution is 0.0937. The number of halogens is 1. The Labute approximate surface area is 98.0 Å². The summed E-state index contributed by atoms with van der Waals surface area (Å²) in [5.41, 5.74) is 0.574. The molecule has 0 aromatic carbocycles. The average Bonchev–Trinajstić information content (AvgIpc) is 2.68. The topological polar surface area (TPSA) is 57.8 Å². The SMILES string of the molecule is CC(C)CC(CBr)NC(=O)c1cn[nH]c1. The average molecular weight is 274 g/mol. The van der Waals surface area contributed by atoms with E-state index >= 15 is 0 Å². The molecule has 84 valence electrons. The number of aromatic amines is 1. The predicted octanol–water partition coefficient (Wildman–Crippen LogP) is 1.95. The van der Waals surface area contributed by atoms with E-state index in [2.05, 4.69) is 45.3 Å². The minimum atomic E-state index is -0.0751. The minimum Gasteiger partial charge on any atom is -0.348 e. The number of alkyl halides is 1. The first-order valence-electron chi connectivity index (χ1n) is 4.99. The van der Waals surface area contributed by atoms with Gasteiger partial charge in [0.05, 0.1) is 11.8 Å². The zero-order valence-electron chi connectivity index (χ0n) is 8.96. The number of amides is 1. The molecule has 0 fully saturated rings. The number of aromatic nitrogens is 2. The lowest BCUT2D eigenvalue weighted by atomic mass is 10.1. The fourth-order valence-corrected chi connectivity index (χ4v) is 1.80. The highest BCUT2D eigenvalue weighted by atomic mass is 79.9. The molecular weight excluding hydrogens is 258 g/mol. The number of hydrogen-bond acceptors (Lipinski definition) is 2. The van der Waals surface area contributed by atoms with Crippen LogP contribution < -0.4 is 5.32 Å². The summed E-state index contributed by atoms with van der Waals surface area (Å²) in [5, 5.41) is 10.1. The Balaban J connectivity index is 2.48. The van der Waals surface area contributed by atoms with Gasteiger partial charge in [-0.1, -0.05) is 29.8 Å². The fraction of sp³-hybridized carbons (Fsp3) is 0.600. The van der Waals surface area contributed by atoms with Crippen molar-refractivity contribution in [2.24, 2.45) is 5.92 Å². The van der Waals surface area contributed by atoms with Gasteiger partial charge in [0, 0.05) is 17.6 Å². The van der Waals surface area contributed by atoms with E-state index in [1.165, 1.54) is 6.20 Å². The lowest BCUT2D eigenvalue weighted by Crippen LogP contribution is -2.36. The quantitative estimate of drug-likeness (QED) is 0.806. The summed E-state index contributed by atoms with van der Waals surface area (Å²) in [6.45, 7) is 4.28. The molecule has 1 amide bonds. The van der Waals surface area contributed by atoms with Crippen LogP contribution in [-0.4, -0.2) is 27.5 Å². The monoisotopic (exact) mass is 273 g/mol. The maximum atomic E-state index is 11.7. The summed E-state index contributed by atoms with van der Waals surface area (Å²) in [4.78, 5) is 11.7. The van der Waals surface area contributed by atoms with Crippen LogP contribution >= 0.6 is 15.9 Å². The van der Waals surface area contributed by atoms with Crippen LogP contribution in [0.1, 0.15) is 30.6 Å². The Kier molecular flexibility index (Phi) is 4.81. The van der Waals surface area contributed by atoms with Gasteiger partial charge in [-0.2, -0.15) is 5.10 Å². The van der Waals surface area contributed by atoms with Crippen molar-refractivity contribution in [1.82, 2.24) is 15.5 Å². The fourth-order valence-electron chi connectivity index (χ4n) is 1.37. The van der Waals surface area contributed by atoms with Crippen LogP contribution in [-0.2, 0) is 0 Å². The number of nitrogens with one attached hydrogen (secondary N) is 2. The maximum absolute atomic E-state index is 11.7. The Bertz CT molecular complexity index is 298. The molecule has 1 aromatic rings. The Morgan fingerprint density at radius 1 is 1.67 bits per heavy atom. The number of H-pyrrole nitrogens is 1.